The Morgan fingerprint density at radius 2 is 1.36 bits per heavy atom. The van der Waals surface area contributed by atoms with E-state index >= 15 is 0 Å². The Morgan fingerprint density at radius 3 is 1.92 bits per heavy atom. The Balaban J connectivity index is 1.72. The Hall–Kier alpha value is -0.280. The average Bonchev–Trinajstić information content (AvgIpc) is 2.61. The molecule has 0 aromatic rings. The van der Waals surface area contributed by atoms with Gasteiger partial charge in [0.1, 0.15) is 12.2 Å². The Kier molecular flexibility index (Phi) is 6.36. The molecular weight excluding hydrogens is 328 g/mol. The second kappa shape index (κ2) is 8.17. The van der Waals surface area contributed by atoms with Crippen LogP contribution in [0.2, 0.25) is 0 Å². The number of rotatable bonds is 4. The summed E-state index contributed by atoms with van der Waals surface area (Å²) in [5, 5.41) is 31.2. The molecular formula is C18H33O7+. The molecule has 1 heterocycles. The second-order valence-electron chi connectivity index (χ2n) is 7.84. The quantitative estimate of drug-likeness (QED) is 0.589. The summed E-state index contributed by atoms with van der Waals surface area (Å²) in [6.45, 7) is 0. The van der Waals surface area contributed by atoms with Gasteiger partial charge in [0.2, 0.25) is 0 Å². The second-order valence-corrected chi connectivity index (χ2v) is 7.84. The Bertz CT molecular complexity index is 420. The van der Waals surface area contributed by atoms with Gasteiger partial charge in [0, 0.05) is 40.1 Å². The first-order valence-electron chi connectivity index (χ1n) is 9.31. The minimum Gasteiger partial charge on any atom is -0.427 e. The van der Waals surface area contributed by atoms with Crippen LogP contribution in [0.1, 0.15) is 32.1 Å². The molecule has 2 aliphatic carbocycles. The first-order chi connectivity index (χ1) is 12.0. The van der Waals surface area contributed by atoms with Crippen LogP contribution in [0.3, 0.4) is 0 Å². The molecule has 0 spiro atoms. The van der Waals surface area contributed by atoms with Gasteiger partial charge in [0.15, 0.2) is 12.2 Å². The molecule has 25 heavy (non-hydrogen) atoms. The summed E-state index contributed by atoms with van der Waals surface area (Å²) >= 11 is 0. The molecule has 8 unspecified atom stereocenters. The number of fused-ring (bicyclic) bond motifs is 1. The minimum atomic E-state index is -0.658. The molecule has 7 nitrogen and oxygen atoms in total. The van der Waals surface area contributed by atoms with E-state index in [1.165, 1.54) is 0 Å². The van der Waals surface area contributed by atoms with E-state index in [4.69, 9.17) is 18.9 Å². The highest BCUT2D eigenvalue weighted by atomic mass is 16.5. The van der Waals surface area contributed by atoms with Crippen molar-refractivity contribution < 1.29 is 34.3 Å². The minimum absolute atomic E-state index is 0.0101. The Labute approximate surface area is 149 Å². The molecule has 3 fully saturated rings. The third kappa shape index (κ3) is 3.88. The summed E-state index contributed by atoms with van der Waals surface area (Å²) in [6.07, 6.45) is 0.686. The lowest BCUT2D eigenvalue weighted by Gasteiger charge is -2.47. The fourth-order valence-corrected chi connectivity index (χ4v) is 5.13. The third-order valence-corrected chi connectivity index (χ3v) is 6.48. The molecule has 8 atom stereocenters. The summed E-state index contributed by atoms with van der Waals surface area (Å²) in [4.78, 5) is 0. The monoisotopic (exact) mass is 361 g/mol. The van der Waals surface area contributed by atoms with Gasteiger partial charge in [-0.25, -0.2) is 0 Å². The molecule has 146 valence electrons. The maximum absolute atomic E-state index is 10.8. The average molecular weight is 361 g/mol. The zero-order valence-electron chi connectivity index (χ0n) is 15.3. The lowest BCUT2D eigenvalue weighted by Crippen LogP contribution is -2.59. The standard InChI is InChI=1S/C18H32O7/c1-22-13-6-10(19)7-14-11(13)8-12(20)18(25-14)9-4-15(23-2)17(21)16(5-9)24-3/h9-21H,4-8H2,1-3H3/p+1. The van der Waals surface area contributed by atoms with Crippen LogP contribution in [-0.4, -0.2) is 90.2 Å². The van der Waals surface area contributed by atoms with E-state index < -0.39 is 18.3 Å². The van der Waals surface area contributed by atoms with Gasteiger partial charge in [-0.1, -0.05) is 0 Å². The van der Waals surface area contributed by atoms with Crippen LogP contribution in [0.5, 0.6) is 0 Å². The van der Waals surface area contributed by atoms with Crippen LogP contribution in [0, 0.1) is 11.8 Å². The van der Waals surface area contributed by atoms with Crippen molar-refractivity contribution in [3.05, 3.63) is 0 Å². The maximum atomic E-state index is 10.8. The molecule has 0 aromatic heterocycles. The van der Waals surface area contributed by atoms with Gasteiger partial charge in [-0.15, -0.1) is 0 Å². The number of aliphatic hydroxyl groups excluding tert-OH is 3. The number of ether oxygens (including phenoxy) is 4. The number of hydrogen-bond acceptors (Lipinski definition) is 6. The lowest BCUT2D eigenvalue weighted by molar-refractivity contribution is -0.302. The highest BCUT2D eigenvalue weighted by Crippen LogP contribution is 2.41. The van der Waals surface area contributed by atoms with Crippen molar-refractivity contribution in [3.8, 4) is 0 Å². The Morgan fingerprint density at radius 1 is 0.760 bits per heavy atom. The van der Waals surface area contributed by atoms with Crippen LogP contribution in [0.25, 0.3) is 0 Å². The topological polar surface area (TPSA) is 101 Å². The third-order valence-electron chi connectivity index (χ3n) is 6.48. The molecule has 0 amide bonds. The van der Waals surface area contributed by atoms with Crippen LogP contribution < -0.4 is 0 Å². The fourth-order valence-electron chi connectivity index (χ4n) is 5.13. The zero-order chi connectivity index (χ0) is 18.1. The van der Waals surface area contributed by atoms with Crippen LogP contribution in [0.15, 0.2) is 0 Å². The number of methoxy groups -OCH3 is 3. The SMILES string of the molecule is COC1CC(C2[OH+]C3CC(O)CC(OC)C3CC2O)CC(OC)C1O. The predicted molar refractivity (Wildman–Crippen MR) is 90.3 cm³/mol. The lowest BCUT2D eigenvalue weighted by atomic mass is 9.72. The highest BCUT2D eigenvalue weighted by molar-refractivity contribution is 4.98. The summed E-state index contributed by atoms with van der Waals surface area (Å²) in [6, 6.07) is 0. The van der Waals surface area contributed by atoms with Gasteiger partial charge < -0.3 is 34.3 Å². The van der Waals surface area contributed by atoms with Crippen molar-refractivity contribution in [3.63, 3.8) is 0 Å². The van der Waals surface area contributed by atoms with Crippen molar-refractivity contribution >= 4 is 0 Å². The van der Waals surface area contributed by atoms with Gasteiger partial charge in [0.25, 0.3) is 0 Å². The van der Waals surface area contributed by atoms with Crippen LogP contribution in [0.4, 0.5) is 0 Å². The summed E-state index contributed by atoms with van der Waals surface area (Å²) < 4.78 is 21.3. The summed E-state index contributed by atoms with van der Waals surface area (Å²) in [5.41, 5.74) is 0. The molecule has 0 radical (unpaired) electrons. The first-order valence-corrected chi connectivity index (χ1v) is 9.31. The van der Waals surface area contributed by atoms with E-state index in [9.17, 15) is 15.3 Å². The highest BCUT2D eigenvalue weighted by Gasteiger charge is 2.53. The van der Waals surface area contributed by atoms with Gasteiger partial charge in [-0.3, -0.25) is 0 Å². The molecule has 3 rings (SSSR count). The predicted octanol–water partition coefficient (Wildman–Crippen LogP) is -0.397. The number of hydrogen-bond donors (Lipinski definition) is 3. The molecule has 0 aromatic carbocycles. The molecule has 4 N–H and O–H groups in total. The maximum Gasteiger partial charge on any atom is 0.184 e. The van der Waals surface area contributed by atoms with Crippen LogP contribution in [-0.2, 0) is 14.2 Å². The van der Waals surface area contributed by atoms with Gasteiger partial charge in [0.05, 0.1) is 30.3 Å². The van der Waals surface area contributed by atoms with Gasteiger partial charge >= 0.3 is 0 Å². The van der Waals surface area contributed by atoms with Crippen molar-refractivity contribution in [1.29, 1.82) is 0 Å². The van der Waals surface area contributed by atoms with E-state index in [1.807, 2.05) is 0 Å². The van der Waals surface area contributed by atoms with Gasteiger partial charge in [-0.05, 0) is 19.3 Å². The van der Waals surface area contributed by atoms with Gasteiger partial charge in [-0.2, -0.15) is 0 Å². The van der Waals surface area contributed by atoms with E-state index in [0.717, 1.165) is 0 Å². The van der Waals surface area contributed by atoms with E-state index in [0.29, 0.717) is 32.1 Å². The van der Waals surface area contributed by atoms with Crippen molar-refractivity contribution in [2.75, 3.05) is 21.3 Å². The fraction of sp³-hybridized carbons (Fsp3) is 1.00. The molecule has 0 bridgehead atoms. The van der Waals surface area contributed by atoms with Crippen molar-refractivity contribution in [2.24, 2.45) is 11.8 Å². The normalized spacial score (nSPS) is 51.1. The molecule has 1 saturated heterocycles. The van der Waals surface area contributed by atoms with Crippen LogP contribution >= 0.6 is 0 Å². The first kappa shape index (κ1) is 19.5. The summed E-state index contributed by atoms with van der Waals surface area (Å²) in [7, 11) is 4.84. The van der Waals surface area contributed by atoms with E-state index in [-0.39, 0.29) is 42.4 Å². The largest absolute Gasteiger partial charge is 0.427 e. The van der Waals surface area contributed by atoms with E-state index in [1.54, 1.807) is 21.3 Å². The van der Waals surface area contributed by atoms with Crippen molar-refractivity contribution in [2.45, 2.75) is 80.9 Å². The smallest absolute Gasteiger partial charge is 0.184 e. The van der Waals surface area contributed by atoms with E-state index in [2.05, 4.69) is 0 Å². The molecule has 3 aliphatic rings. The zero-order valence-corrected chi connectivity index (χ0v) is 15.3. The molecule has 1 aliphatic heterocycles. The number of aliphatic hydroxyl groups is 5. The molecule has 2 saturated carbocycles. The summed E-state index contributed by atoms with van der Waals surface area (Å²) in [5.74, 6) is 0.250. The van der Waals surface area contributed by atoms with Crippen molar-refractivity contribution in [1.82, 2.24) is 0 Å². The molecule has 7 heteroatoms.